The third kappa shape index (κ3) is 3.86. The zero-order valence-corrected chi connectivity index (χ0v) is 10.5. The van der Waals surface area contributed by atoms with Gasteiger partial charge >= 0.3 is 0 Å². The molecular weight excluding hydrogens is 204 g/mol. The van der Waals surface area contributed by atoms with Gasteiger partial charge < -0.3 is 0 Å². The first kappa shape index (κ1) is 12.6. The van der Waals surface area contributed by atoms with E-state index in [-0.39, 0.29) is 5.12 Å². The van der Waals surface area contributed by atoms with Gasteiger partial charge in [0.05, 0.1) is 0 Å². The van der Waals surface area contributed by atoms with E-state index in [1.54, 1.807) is 0 Å². The van der Waals surface area contributed by atoms with Crippen molar-refractivity contribution in [3.63, 3.8) is 0 Å². The minimum Gasteiger partial charge on any atom is -0.282 e. The predicted molar refractivity (Wildman–Crippen MR) is 68.0 cm³/mol. The molecule has 15 heavy (non-hydrogen) atoms. The number of rotatable bonds is 4. The van der Waals surface area contributed by atoms with Crippen LogP contribution >= 0.6 is 11.8 Å². The Balaban J connectivity index is 2.45. The van der Waals surface area contributed by atoms with Gasteiger partial charge in [0.15, 0.2) is 0 Å². The number of thioether (sulfide) groups is 1. The number of hydrogen-bond donors (Lipinski definition) is 0. The molecule has 84 valence electrons. The van der Waals surface area contributed by atoms with Gasteiger partial charge in [-0.3, -0.25) is 4.79 Å². The topological polar surface area (TPSA) is 17.1 Å². The molecule has 0 aliphatic heterocycles. The number of allylic oxidation sites excluding steroid dienone is 2. The minimum atomic E-state index is 0.289. The van der Waals surface area contributed by atoms with Crippen molar-refractivity contribution < 1.29 is 4.79 Å². The molecule has 0 aromatic heterocycles. The summed E-state index contributed by atoms with van der Waals surface area (Å²) in [4.78, 5) is 11.7. The summed E-state index contributed by atoms with van der Waals surface area (Å²) in [7, 11) is 0. The van der Waals surface area contributed by atoms with Crippen molar-refractivity contribution in [3.8, 4) is 0 Å². The standard InChI is InChI=1S/C13H20OS/c1-4-9-15-13(14)12-7-5-11(6-8-12)10(2)3/h7,11H,2,4-6,8-9H2,1,3H3/t11-/m1/s1. The maximum atomic E-state index is 11.7. The molecule has 0 bridgehead atoms. The number of hydrogen-bond acceptors (Lipinski definition) is 2. The molecule has 0 aromatic carbocycles. The molecule has 1 nitrogen and oxygen atoms in total. The summed E-state index contributed by atoms with van der Waals surface area (Å²) in [5.74, 6) is 1.54. The minimum absolute atomic E-state index is 0.289. The molecule has 0 N–H and O–H groups in total. The fourth-order valence-corrected chi connectivity index (χ4v) is 2.51. The van der Waals surface area contributed by atoms with Crippen molar-refractivity contribution in [2.24, 2.45) is 5.92 Å². The monoisotopic (exact) mass is 224 g/mol. The van der Waals surface area contributed by atoms with Crippen LogP contribution in [0.4, 0.5) is 0 Å². The highest BCUT2D eigenvalue weighted by Gasteiger charge is 2.18. The van der Waals surface area contributed by atoms with E-state index >= 15 is 0 Å². The first-order chi connectivity index (χ1) is 7.15. The number of carbonyl (C=O) groups is 1. The lowest BCUT2D eigenvalue weighted by Crippen LogP contribution is -2.10. The van der Waals surface area contributed by atoms with Gasteiger partial charge in [0, 0.05) is 11.3 Å². The fourth-order valence-electron chi connectivity index (χ4n) is 1.75. The van der Waals surface area contributed by atoms with E-state index in [1.165, 1.54) is 17.3 Å². The van der Waals surface area contributed by atoms with Crippen LogP contribution in [-0.2, 0) is 4.79 Å². The van der Waals surface area contributed by atoms with Crippen LogP contribution in [0.5, 0.6) is 0 Å². The van der Waals surface area contributed by atoms with E-state index in [1.807, 2.05) is 0 Å². The molecule has 2 heteroatoms. The predicted octanol–water partition coefficient (Wildman–Crippen LogP) is 3.96. The first-order valence-corrected chi connectivity index (χ1v) is 6.65. The Kier molecular flexibility index (Phi) is 5.16. The molecule has 0 heterocycles. The van der Waals surface area contributed by atoms with E-state index in [9.17, 15) is 4.79 Å². The Morgan fingerprint density at radius 2 is 2.40 bits per heavy atom. The Bertz CT molecular complexity index is 278. The van der Waals surface area contributed by atoms with Gasteiger partial charge in [-0.25, -0.2) is 0 Å². The van der Waals surface area contributed by atoms with Gasteiger partial charge in [-0.2, -0.15) is 0 Å². The third-order valence-corrected chi connectivity index (χ3v) is 3.94. The molecule has 0 amide bonds. The normalized spacial score (nSPS) is 20.9. The molecule has 0 fully saturated rings. The van der Waals surface area contributed by atoms with Crippen molar-refractivity contribution >= 4 is 16.9 Å². The van der Waals surface area contributed by atoms with Crippen LogP contribution in [0, 0.1) is 5.92 Å². The molecular formula is C13H20OS. The summed E-state index contributed by atoms with van der Waals surface area (Å²) >= 11 is 1.46. The van der Waals surface area contributed by atoms with Crippen LogP contribution in [0.2, 0.25) is 0 Å². The molecule has 0 saturated heterocycles. The maximum Gasteiger partial charge on any atom is 0.215 e. The van der Waals surface area contributed by atoms with Gasteiger partial charge in [-0.05, 0) is 38.5 Å². The van der Waals surface area contributed by atoms with Crippen LogP contribution in [0.3, 0.4) is 0 Å². The van der Waals surface area contributed by atoms with Crippen molar-refractivity contribution in [1.29, 1.82) is 0 Å². The molecule has 0 saturated carbocycles. The van der Waals surface area contributed by atoms with E-state index in [4.69, 9.17) is 0 Å². The molecule has 1 aliphatic carbocycles. The van der Waals surface area contributed by atoms with Crippen LogP contribution in [0.25, 0.3) is 0 Å². The highest BCUT2D eigenvalue weighted by atomic mass is 32.2. The van der Waals surface area contributed by atoms with Crippen molar-refractivity contribution in [1.82, 2.24) is 0 Å². The van der Waals surface area contributed by atoms with Crippen LogP contribution in [0.1, 0.15) is 39.5 Å². The average Bonchev–Trinajstić information content (AvgIpc) is 2.26. The second kappa shape index (κ2) is 6.16. The van der Waals surface area contributed by atoms with Gasteiger partial charge in [0.2, 0.25) is 5.12 Å². The Labute approximate surface area is 97.0 Å². The van der Waals surface area contributed by atoms with Crippen molar-refractivity contribution in [3.05, 3.63) is 23.8 Å². The second-order valence-corrected chi connectivity index (χ2v) is 5.25. The van der Waals surface area contributed by atoms with E-state index in [0.717, 1.165) is 37.0 Å². The highest BCUT2D eigenvalue weighted by Crippen LogP contribution is 2.30. The zero-order chi connectivity index (χ0) is 11.3. The molecule has 0 unspecified atom stereocenters. The maximum absolute atomic E-state index is 11.7. The van der Waals surface area contributed by atoms with E-state index < -0.39 is 0 Å². The lowest BCUT2D eigenvalue weighted by molar-refractivity contribution is -0.108. The Morgan fingerprint density at radius 1 is 1.67 bits per heavy atom. The smallest absolute Gasteiger partial charge is 0.215 e. The van der Waals surface area contributed by atoms with Crippen LogP contribution in [-0.4, -0.2) is 10.9 Å². The van der Waals surface area contributed by atoms with Crippen LogP contribution in [0.15, 0.2) is 23.8 Å². The van der Waals surface area contributed by atoms with Crippen molar-refractivity contribution in [2.45, 2.75) is 39.5 Å². The first-order valence-electron chi connectivity index (χ1n) is 5.66. The summed E-state index contributed by atoms with van der Waals surface area (Å²) in [5.41, 5.74) is 2.28. The Morgan fingerprint density at radius 3 is 2.87 bits per heavy atom. The molecule has 1 atom stereocenters. The largest absolute Gasteiger partial charge is 0.282 e. The fraction of sp³-hybridized carbons (Fsp3) is 0.615. The highest BCUT2D eigenvalue weighted by molar-refractivity contribution is 8.14. The quantitative estimate of drug-likeness (QED) is 0.672. The lowest BCUT2D eigenvalue weighted by Gasteiger charge is -2.21. The molecule has 0 spiro atoms. The molecule has 1 rings (SSSR count). The van der Waals surface area contributed by atoms with Gasteiger partial charge in [-0.15, -0.1) is 0 Å². The summed E-state index contributed by atoms with van der Waals surface area (Å²) < 4.78 is 0. The second-order valence-electron chi connectivity index (χ2n) is 4.18. The summed E-state index contributed by atoms with van der Waals surface area (Å²) in [6.45, 7) is 8.16. The van der Waals surface area contributed by atoms with Gasteiger partial charge in [0.25, 0.3) is 0 Å². The lowest BCUT2D eigenvalue weighted by atomic mass is 9.86. The number of carbonyl (C=O) groups excluding carboxylic acids is 1. The average molecular weight is 224 g/mol. The Hall–Kier alpha value is -0.500. The molecule has 1 aliphatic rings. The summed E-state index contributed by atoms with van der Waals surface area (Å²) in [6, 6.07) is 0. The molecule has 0 aromatic rings. The van der Waals surface area contributed by atoms with Gasteiger partial charge in [-0.1, -0.05) is 36.9 Å². The van der Waals surface area contributed by atoms with Gasteiger partial charge in [0.1, 0.15) is 0 Å². The summed E-state index contributed by atoms with van der Waals surface area (Å²) in [5, 5.41) is 0.289. The van der Waals surface area contributed by atoms with Crippen molar-refractivity contribution in [2.75, 3.05) is 5.75 Å². The SMILES string of the molecule is C=C(C)[C@@H]1CC=C(C(=O)SCCC)CC1. The summed E-state index contributed by atoms with van der Waals surface area (Å²) in [6.07, 6.45) is 6.22. The van der Waals surface area contributed by atoms with Crippen LogP contribution < -0.4 is 0 Å². The molecule has 0 radical (unpaired) electrons. The third-order valence-electron chi connectivity index (χ3n) is 2.81. The van der Waals surface area contributed by atoms with E-state index in [0.29, 0.717) is 5.92 Å². The zero-order valence-electron chi connectivity index (χ0n) is 9.71. The van der Waals surface area contributed by atoms with E-state index in [2.05, 4.69) is 26.5 Å².